The van der Waals surface area contributed by atoms with E-state index in [-0.39, 0.29) is 27.9 Å². The van der Waals surface area contributed by atoms with Crippen molar-refractivity contribution in [2.45, 2.75) is 31.1 Å². The van der Waals surface area contributed by atoms with Crippen LogP contribution in [-0.2, 0) is 10.1 Å². The van der Waals surface area contributed by atoms with Crippen LogP contribution in [0.3, 0.4) is 0 Å². The van der Waals surface area contributed by atoms with Gasteiger partial charge in [-0.15, -0.1) is 0 Å². The molecular weight excluding hydrogens is 368 g/mol. The smallest absolute Gasteiger partial charge is 0.296 e. The normalized spacial score (nSPS) is 13.3. The van der Waals surface area contributed by atoms with Crippen LogP contribution in [0.25, 0.3) is 0 Å². The largest absolute Gasteiger partial charge is 0.397 e. The van der Waals surface area contributed by atoms with Gasteiger partial charge in [0.1, 0.15) is 4.90 Å². The molecule has 3 rings (SSSR count). The summed E-state index contributed by atoms with van der Waals surface area (Å²) in [6, 6.07) is 7.42. The number of carbonyl (C=O) groups is 2. The fraction of sp³-hybridized carbons (Fsp3) is 0.263. The number of nitrogen functional groups attached to an aromatic ring is 1. The number of unbranched alkanes of at least 4 members (excludes halogenated alkanes) is 2. The molecule has 142 valence electrons. The lowest BCUT2D eigenvalue weighted by Gasteiger charge is -2.23. The molecule has 0 unspecified atom stereocenters. The Morgan fingerprint density at radius 3 is 2.19 bits per heavy atom. The summed E-state index contributed by atoms with van der Waals surface area (Å²) >= 11 is 0. The summed E-state index contributed by atoms with van der Waals surface area (Å²) in [5.41, 5.74) is 5.92. The Morgan fingerprint density at radius 2 is 1.63 bits per heavy atom. The van der Waals surface area contributed by atoms with Crippen LogP contribution in [0.15, 0.2) is 35.2 Å². The molecule has 0 aromatic heterocycles. The van der Waals surface area contributed by atoms with E-state index >= 15 is 0 Å². The van der Waals surface area contributed by atoms with Gasteiger partial charge in [0.25, 0.3) is 10.1 Å². The molecule has 0 heterocycles. The summed E-state index contributed by atoms with van der Waals surface area (Å²) < 4.78 is 33.0. The average molecular weight is 388 g/mol. The number of nitrogens with one attached hydrogen (secondary N) is 1. The number of carbonyl (C=O) groups excluding carboxylic acids is 2. The zero-order valence-electron chi connectivity index (χ0n) is 14.8. The van der Waals surface area contributed by atoms with Crippen LogP contribution in [0.2, 0.25) is 0 Å². The monoisotopic (exact) mass is 388 g/mol. The van der Waals surface area contributed by atoms with Crippen LogP contribution in [0, 0.1) is 0 Å². The fourth-order valence-electron chi connectivity index (χ4n) is 3.24. The highest BCUT2D eigenvalue weighted by Gasteiger charge is 2.36. The van der Waals surface area contributed by atoms with Crippen molar-refractivity contribution in [2.75, 3.05) is 17.6 Å². The fourth-order valence-corrected chi connectivity index (χ4v) is 3.89. The minimum Gasteiger partial charge on any atom is -0.397 e. The quantitative estimate of drug-likeness (QED) is 0.337. The predicted molar refractivity (Wildman–Crippen MR) is 102 cm³/mol. The van der Waals surface area contributed by atoms with Crippen molar-refractivity contribution in [3.8, 4) is 0 Å². The first-order valence-corrected chi connectivity index (χ1v) is 10.1. The molecule has 0 fully saturated rings. The minimum atomic E-state index is -4.67. The van der Waals surface area contributed by atoms with Crippen LogP contribution in [-0.4, -0.2) is 31.1 Å². The van der Waals surface area contributed by atoms with Gasteiger partial charge in [0.05, 0.1) is 16.8 Å². The number of fused-ring (bicyclic) bond motifs is 2. The number of anilines is 2. The summed E-state index contributed by atoms with van der Waals surface area (Å²) in [6.45, 7) is 2.53. The maximum atomic E-state index is 13.0. The summed E-state index contributed by atoms with van der Waals surface area (Å²) in [5.74, 6) is -0.952. The molecular formula is C19H20N2O5S. The number of nitrogens with two attached hydrogens (primary N) is 1. The van der Waals surface area contributed by atoms with Crippen molar-refractivity contribution in [2.24, 2.45) is 0 Å². The molecule has 1 aliphatic rings. The molecule has 7 nitrogen and oxygen atoms in total. The van der Waals surface area contributed by atoms with Gasteiger partial charge in [-0.2, -0.15) is 8.42 Å². The molecule has 0 amide bonds. The second-order valence-corrected chi connectivity index (χ2v) is 7.79. The Morgan fingerprint density at radius 1 is 1.04 bits per heavy atom. The van der Waals surface area contributed by atoms with Gasteiger partial charge in [-0.3, -0.25) is 14.1 Å². The Hall–Kier alpha value is -2.71. The lowest BCUT2D eigenvalue weighted by molar-refractivity contribution is 0.0980. The third-order valence-corrected chi connectivity index (χ3v) is 5.47. The average Bonchev–Trinajstić information content (AvgIpc) is 2.63. The van der Waals surface area contributed by atoms with Crippen LogP contribution in [0.5, 0.6) is 0 Å². The summed E-state index contributed by atoms with van der Waals surface area (Å²) in [4.78, 5) is 25.4. The standard InChI is InChI=1S/C19H20N2O5S/c1-2-3-6-9-21-13-10-14(27(24,25)26)17(20)16-15(13)18(22)11-7-4-5-8-12(11)19(16)23/h4-5,7-8,10,21H,2-3,6,9,20H2,1H3,(H,24,25,26). The van der Waals surface area contributed by atoms with E-state index in [1.54, 1.807) is 18.2 Å². The zero-order chi connectivity index (χ0) is 19.8. The topological polar surface area (TPSA) is 127 Å². The number of hydrogen-bond acceptors (Lipinski definition) is 6. The van der Waals surface area contributed by atoms with E-state index in [0.717, 1.165) is 25.3 Å². The van der Waals surface area contributed by atoms with Crippen LogP contribution in [0.4, 0.5) is 11.4 Å². The summed E-state index contributed by atoms with van der Waals surface area (Å²) in [7, 11) is -4.67. The summed E-state index contributed by atoms with van der Waals surface area (Å²) in [6.07, 6.45) is 2.74. The predicted octanol–water partition coefficient (Wildman–Crippen LogP) is 2.89. The van der Waals surface area contributed by atoms with Crippen molar-refractivity contribution in [1.82, 2.24) is 0 Å². The van der Waals surface area contributed by atoms with E-state index in [1.807, 2.05) is 6.92 Å². The van der Waals surface area contributed by atoms with Crippen molar-refractivity contribution in [3.63, 3.8) is 0 Å². The van der Waals surface area contributed by atoms with Gasteiger partial charge >= 0.3 is 0 Å². The lowest BCUT2D eigenvalue weighted by atomic mass is 9.82. The highest BCUT2D eigenvalue weighted by atomic mass is 32.2. The molecule has 1 aliphatic carbocycles. The number of rotatable bonds is 6. The highest BCUT2D eigenvalue weighted by Crippen LogP contribution is 2.39. The van der Waals surface area contributed by atoms with E-state index in [1.165, 1.54) is 6.07 Å². The van der Waals surface area contributed by atoms with Gasteiger partial charge in [-0.25, -0.2) is 0 Å². The Labute approximate surface area is 157 Å². The molecule has 0 saturated carbocycles. The van der Waals surface area contributed by atoms with E-state index in [2.05, 4.69) is 5.32 Å². The Bertz CT molecular complexity index is 1040. The van der Waals surface area contributed by atoms with Gasteiger partial charge in [-0.05, 0) is 12.5 Å². The first kappa shape index (κ1) is 19.1. The molecule has 0 aliphatic heterocycles. The Balaban J connectivity index is 2.23. The maximum absolute atomic E-state index is 13.0. The SMILES string of the molecule is CCCCCNc1cc(S(=O)(=O)O)c(N)c2c1C(=O)c1ccccc1C2=O. The van der Waals surface area contributed by atoms with Crippen molar-refractivity contribution in [3.05, 3.63) is 52.6 Å². The molecule has 2 aromatic carbocycles. The molecule has 0 bridgehead atoms. The van der Waals surface area contributed by atoms with Gasteiger partial charge in [0.15, 0.2) is 11.6 Å². The first-order valence-electron chi connectivity index (χ1n) is 8.63. The molecule has 8 heteroatoms. The lowest BCUT2D eigenvalue weighted by Crippen LogP contribution is -2.25. The zero-order valence-corrected chi connectivity index (χ0v) is 15.6. The number of ketones is 2. The Kier molecular flexibility index (Phi) is 5.03. The molecule has 0 radical (unpaired) electrons. The molecule has 0 spiro atoms. The molecule has 2 aromatic rings. The highest BCUT2D eigenvalue weighted by molar-refractivity contribution is 7.86. The van der Waals surface area contributed by atoms with Crippen molar-refractivity contribution in [1.29, 1.82) is 0 Å². The minimum absolute atomic E-state index is 0.0418. The molecule has 27 heavy (non-hydrogen) atoms. The van der Waals surface area contributed by atoms with Crippen molar-refractivity contribution >= 4 is 33.1 Å². The van der Waals surface area contributed by atoms with Gasteiger partial charge < -0.3 is 11.1 Å². The second kappa shape index (κ2) is 7.13. The van der Waals surface area contributed by atoms with Crippen molar-refractivity contribution < 1.29 is 22.6 Å². The number of hydrogen-bond donors (Lipinski definition) is 3. The van der Waals surface area contributed by atoms with Crippen LogP contribution >= 0.6 is 0 Å². The van der Waals surface area contributed by atoms with Crippen LogP contribution in [0.1, 0.15) is 58.0 Å². The van der Waals surface area contributed by atoms with Crippen LogP contribution < -0.4 is 11.1 Å². The van der Waals surface area contributed by atoms with E-state index in [0.29, 0.717) is 6.54 Å². The van der Waals surface area contributed by atoms with E-state index in [9.17, 15) is 22.6 Å². The maximum Gasteiger partial charge on any atom is 0.296 e. The van der Waals surface area contributed by atoms with E-state index in [4.69, 9.17) is 5.73 Å². The molecule has 4 N–H and O–H groups in total. The third-order valence-electron chi connectivity index (χ3n) is 4.57. The van der Waals surface area contributed by atoms with E-state index < -0.39 is 32.3 Å². The van der Waals surface area contributed by atoms with Gasteiger partial charge in [-0.1, -0.05) is 44.0 Å². The number of benzene rings is 2. The molecule has 0 atom stereocenters. The second-order valence-electron chi connectivity index (χ2n) is 6.40. The first-order chi connectivity index (χ1) is 12.8. The third kappa shape index (κ3) is 3.33. The summed E-state index contributed by atoms with van der Waals surface area (Å²) in [5, 5.41) is 3.02. The van der Waals surface area contributed by atoms with Gasteiger partial charge in [0.2, 0.25) is 0 Å². The van der Waals surface area contributed by atoms with Gasteiger partial charge in [0, 0.05) is 23.4 Å². The molecule has 0 saturated heterocycles.